The Morgan fingerprint density at radius 1 is 1.19 bits per heavy atom. The van der Waals surface area contributed by atoms with Crippen LogP contribution < -0.4 is 5.73 Å². The third-order valence-corrected chi connectivity index (χ3v) is 4.09. The van der Waals surface area contributed by atoms with E-state index in [0.717, 1.165) is 9.13 Å². The van der Waals surface area contributed by atoms with Gasteiger partial charge in [0, 0.05) is 14.7 Å². The number of hydrogen-bond acceptors (Lipinski definition) is 2. The fraction of sp³-hybridized carbons (Fsp3) is 0. The van der Waals surface area contributed by atoms with Gasteiger partial charge in [-0.25, -0.2) is 4.39 Å². The van der Waals surface area contributed by atoms with Gasteiger partial charge < -0.3 is 5.73 Å². The largest absolute Gasteiger partial charge is 0.382 e. The molecule has 0 saturated heterocycles. The van der Waals surface area contributed by atoms with Crippen LogP contribution in [0.3, 0.4) is 0 Å². The highest BCUT2D eigenvalue weighted by molar-refractivity contribution is 14.1. The standard InChI is InChI=1S/C15H10ClFIN3/c16-11-6-2-5-10(13(11)17)12-14(20-21-15(12)19)8-3-1-4-9(18)7-8/h1-7H,(H3,19,20,21). The highest BCUT2D eigenvalue weighted by atomic mass is 127. The van der Waals surface area contributed by atoms with Gasteiger partial charge in [0.25, 0.3) is 0 Å². The average molecular weight is 414 g/mol. The molecule has 2 aromatic carbocycles. The second-order valence-electron chi connectivity index (χ2n) is 4.47. The van der Waals surface area contributed by atoms with Crippen LogP contribution in [0.15, 0.2) is 42.5 Å². The zero-order valence-corrected chi connectivity index (χ0v) is 13.6. The van der Waals surface area contributed by atoms with Crippen molar-refractivity contribution in [3.05, 3.63) is 56.9 Å². The number of nitrogen functional groups attached to an aromatic ring is 1. The minimum Gasteiger partial charge on any atom is -0.382 e. The molecule has 6 heteroatoms. The van der Waals surface area contributed by atoms with Crippen LogP contribution in [0, 0.1) is 9.39 Å². The van der Waals surface area contributed by atoms with Crippen molar-refractivity contribution in [3.63, 3.8) is 0 Å². The number of aromatic amines is 1. The predicted octanol–water partition coefficient (Wildman–Crippen LogP) is 4.72. The number of nitrogens with one attached hydrogen (secondary N) is 1. The van der Waals surface area contributed by atoms with E-state index in [9.17, 15) is 4.39 Å². The molecule has 3 rings (SSSR count). The lowest BCUT2D eigenvalue weighted by Gasteiger charge is -2.07. The summed E-state index contributed by atoms with van der Waals surface area (Å²) in [6.45, 7) is 0. The fourth-order valence-corrected chi connectivity index (χ4v) is 2.90. The van der Waals surface area contributed by atoms with Crippen LogP contribution >= 0.6 is 34.2 Å². The molecule has 21 heavy (non-hydrogen) atoms. The van der Waals surface area contributed by atoms with Gasteiger partial charge in [-0.2, -0.15) is 5.10 Å². The van der Waals surface area contributed by atoms with Gasteiger partial charge in [-0.1, -0.05) is 35.9 Å². The molecule has 0 radical (unpaired) electrons. The van der Waals surface area contributed by atoms with Crippen molar-refractivity contribution >= 4 is 40.0 Å². The van der Waals surface area contributed by atoms with E-state index in [1.54, 1.807) is 12.1 Å². The van der Waals surface area contributed by atoms with Crippen molar-refractivity contribution in [2.24, 2.45) is 0 Å². The van der Waals surface area contributed by atoms with Gasteiger partial charge in [-0.3, -0.25) is 5.10 Å². The van der Waals surface area contributed by atoms with Gasteiger partial charge in [-0.15, -0.1) is 0 Å². The first-order chi connectivity index (χ1) is 10.1. The van der Waals surface area contributed by atoms with Gasteiger partial charge in [0.05, 0.1) is 16.3 Å². The summed E-state index contributed by atoms with van der Waals surface area (Å²) in [5.74, 6) is -0.260. The number of nitrogens with two attached hydrogens (primary N) is 1. The van der Waals surface area contributed by atoms with E-state index < -0.39 is 5.82 Å². The first kappa shape index (κ1) is 14.3. The van der Waals surface area contributed by atoms with Gasteiger partial charge in [0.15, 0.2) is 5.82 Å². The molecule has 3 nitrogen and oxygen atoms in total. The molecular weight excluding hydrogens is 404 g/mol. The van der Waals surface area contributed by atoms with Crippen LogP contribution in [0.25, 0.3) is 22.4 Å². The van der Waals surface area contributed by atoms with Crippen LogP contribution in [0.2, 0.25) is 5.02 Å². The van der Waals surface area contributed by atoms with E-state index in [1.807, 2.05) is 24.3 Å². The SMILES string of the molecule is Nc1n[nH]c(-c2cccc(I)c2)c1-c1cccc(Cl)c1F. The van der Waals surface area contributed by atoms with Gasteiger partial charge in [-0.05, 0) is 40.8 Å². The number of nitrogens with zero attached hydrogens (tertiary/aromatic N) is 1. The molecule has 1 heterocycles. The molecule has 0 fully saturated rings. The smallest absolute Gasteiger partial charge is 0.153 e. The van der Waals surface area contributed by atoms with Crippen LogP contribution in [-0.2, 0) is 0 Å². The molecule has 106 valence electrons. The Bertz CT molecular complexity index is 816. The van der Waals surface area contributed by atoms with E-state index in [0.29, 0.717) is 16.8 Å². The van der Waals surface area contributed by atoms with Gasteiger partial charge in [0.1, 0.15) is 5.82 Å². The molecule has 0 unspecified atom stereocenters. The monoisotopic (exact) mass is 413 g/mol. The highest BCUT2D eigenvalue weighted by Crippen LogP contribution is 2.37. The third kappa shape index (κ3) is 2.63. The Balaban J connectivity index is 2.25. The minimum absolute atomic E-state index is 0.0571. The molecule has 0 aliphatic carbocycles. The van der Waals surface area contributed by atoms with Crippen LogP contribution in [0.1, 0.15) is 0 Å². The van der Waals surface area contributed by atoms with E-state index in [-0.39, 0.29) is 10.8 Å². The molecule has 0 saturated carbocycles. The van der Waals surface area contributed by atoms with Crippen molar-refractivity contribution in [1.82, 2.24) is 10.2 Å². The number of rotatable bonds is 2. The molecular formula is C15H10ClFIN3. The molecule has 0 aliphatic rings. The Labute approximate surface area is 139 Å². The lowest BCUT2D eigenvalue weighted by molar-refractivity contribution is 0.632. The maximum Gasteiger partial charge on any atom is 0.153 e. The summed E-state index contributed by atoms with van der Waals surface area (Å²) in [4.78, 5) is 0. The van der Waals surface area contributed by atoms with Gasteiger partial charge in [0.2, 0.25) is 0 Å². The summed E-state index contributed by atoms with van der Waals surface area (Å²) >= 11 is 8.08. The number of halogens is 3. The number of aromatic nitrogens is 2. The second kappa shape index (κ2) is 5.65. The van der Waals surface area contributed by atoms with Gasteiger partial charge >= 0.3 is 0 Å². The van der Waals surface area contributed by atoms with Crippen molar-refractivity contribution in [2.45, 2.75) is 0 Å². The first-order valence-corrected chi connectivity index (χ1v) is 7.57. The fourth-order valence-electron chi connectivity index (χ4n) is 2.18. The molecule has 0 amide bonds. The van der Waals surface area contributed by atoms with Crippen molar-refractivity contribution in [1.29, 1.82) is 0 Å². The van der Waals surface area contributed by atoms with Crippen LogP contribution in [-0.4, -0.2) is 10.2 Å². The van der Waals surface area contributed by atoms with E-state index in [1.165, 1.54) is 6.07 Å². The maximum absolute atomic E-state index is 14.3. The lowest BCUT2D eigenvalue weighted by Crippen LogP contribution is -1.92. The summed E-state index contributed by atoms with van der Waals surface area (Å²) in [6, 6.07) is 12.6. The van der Waals surface area contributed by atoms with E-state index >= 15 is 0 Å². The zero-order chi connectivity index (χ0) is 15.0. The number of H-pyrrole nitrogens is 1. The van der Waals surface area contributed by atoms with Crippen LogP contribution in [0.4, 0.5) is 10.2 Å². The summed E-state index contributed by atoms with van der Waals surface area (Å²) in [5, 5.41) is 6.94. The number of hydrogen-bond donors (Lipinski definition) is 2. The zero-order valence-electron chi connectivity index (χ0n) is 10.7. The van der Waals surface area contributed by atoms with Crippen molar-refractivity contribution < 1.29 is 4.39 Å². The Hall–Kier alpha value is -1.60. The molecule has 0 atom stereocenters. The molecule has 1 aromatic heterocycles. The lowest BCUT2D eigenvalue weighted by atomic mass is 10.0. The normalized spacial score (nSPS) is 10.8. The molecule has 3 N–H and O–H groups in total. The Morgan fingerprint density at radius 3 is 2.71 bits per heavy atom. The number of benzene rings is 2. The Kier molecular flexibility index (Phi) is 3.86. The Morgan fingerprint density at radius 2 is 1.95 bits per heavy atom. The number of anilines is 1. The second-order valence-corrected chi connectivity index (χ2v) is 6.12. The highest BCUT2D eigenvalue weighted by Gasteiger charge is 2.19. The molecule has 0 spiro atoms. The topological polar surface area (TPSA) is 54.7 Å². The predicted molar refractivity (Wildman–Crippen MR) is 91.6 cm³/mol. The minimum atomic E-state index is -0.501. The average Bonchev–Trinajstić information content (AvgIpc) is 2.84. The van der Waals surface area contributed by atoms with E-state index in [4.69, 9.17) is 17.3 Å². The van der Waals surface area contributed by atoms with E-state index in [2.05, 4.69) is 32.8 Å². The summed E-state index contributed by atoms with van der Waals surface area (Å²) in [7, 11) is 0. The summed E-state index contributed by atoms with van der Waals surface area (Å²) in [5.41, 5.74) is 8.34. The maximum atomic E-state index is 14.3. The quantitative estimate of drug-likeness (QED) is 0.597. The van der Waals surface area contributed by atoms with Crippen molar-refractivity contribution in [2.75, 3.05) is 5.73 Å². The summed E-state index contributed by atoms with van der Waals surface area (Å²) < 4.78 is 15.4. The van der Waals surface area contributed by atoms with Crippen LogP contribution in [0.5, 0.6) is 0 Å². The van der Waals surface area contributed by atoms with Crippen molar-refractivity contribution in [3.8, 4) is 22.4 Å². The molecule has 3 aromatic rings. The first-order valence-electron chi connectivity index (χ1n) is 6.12. The summed E-state index contributed by atoms with van der Waals surface area (Å²) in [6.07, 6.45) is 0. The third-order valence-electron chi connectivity index (χ3n) is 3.13. The molecule has 0 bridgehead atoms. The molecule has 0 aliphatic heterocycles.